The molecule has 0 aromatic heterocycles. The van der Waals surface area contributed by atoms with Gasteiger partial charge in [-0.2, -0.15) is 4.31 Å². The fourth-order valence-corrected chi connectivity index (χ4v) is 5.07. The first kappa shape index (κ1) is 22.9. The van der Waals surface area contributed by atoms with E-state index in [4.69, 9.17) is 35.4 Å². The Kier molecular flexibility index (Phi) is 7.33. The Balaban J connectivity index is 1.62. The molecule has 3 rings (SSSR count). The van der Waals surface area contributed by atoms with E-state index in [9.17, 15) is 13.2 Å². The van der Waals surface area contributed by atoms with E-state index in [1.54, 1.807) is 12.1 Å². The lowest BCUT2D eigenvalue weighted by atomic mass is 10.2. The van der Waals surface area contributed by atoms with Gasteiger partial charge in [-0.1, -0.05) is 23.2 Å². The first-order valence-electron chi connectivity index (χ1n) is 9.02. The fraction of sp³-hybridized carbons (Fsp3) is 0.263. The Morgan fingerprint density at radius 2 is 1.57 bits per heavy atom. The normalized spacial score (nSPS) is 15.6. The third kappa shape index (κ3) is 5.69. The second-order valence-electron chi connectivity index (χ2n) is 6.80. The van der Waals surface area contributed by atoms with Gasteiger partial charge in [0.05, 0.1) is 4.90 Å². The number of rotatable bonds is 4. The number of carbonyl (C=O) groups is 1. The molecule has 1 aliphatic rings. The second kappa shape index (κ2) is 9.59. The zero-order valence-electron chi connectivity index (χ0n) is 16.1. The molecular weight excluding hydrogens is 467 g/mol. The van der Waals surface area contributed by atoms with Crippen LogP contribution in [0.4, 0.5) is 5.69 Å². The maximum Gasteiger partial charge on any atom is 0.257 e. The van der Waals surface area contributed by atoms with Crippen molar-refractivity contribution < 1.29 is 13.2 Å². The lowest BCUT2D eigenvalue weighted by Crippen LogP contribution is -2.46. The molecule has 7 nitrogen and oxygen atoms in total. The minimum absolute atomic E-state index is 0.0609. The maximum atomic E-state index is 12.8. The Bertz CT molecular complexity index is 1030. The van der Waals surface area contributed by atoms with Crippen LogP contribution in [0.1, 0.15) is 10.4 Å². The van der Waals surface area contributed by atoms with Crippen LogP contribution in [0.5, 0.6) is 0 Å². The number of amides is 1. The predicted molar refractivity (Wildman–Crippen MR) is 123 cm³/mol. The molecule has 1 fully saturated rings. The van der Waals surface area contributed by atoms with Crippen molar-refractivity contribution in [2.75, 3.05) is 38.5 Å². The number of piperazine rings is 1. The maximum absolute atomic E-state index is 12.8. The molecule has 30 heavy (non-hydrogen) atoms. The Morgan fingerprint density at radius 1 is 1.00 bits per heavy atom. The van der Waals surface area contributed by atoms with Crippen LogP contribution in [0.3, 0.4) is 0 Å². The van der Waals surface area contributed by atoms with Gasteiger partial charge in [-0.05, 0) is 61.7 Å². The summed E-state index contributed by atoms with van der Waals surface area (Å²) in [5, 5.41) is 6.12. The van der Waals surface area contributed by atoms with Gasteiger partial charge in [0.25, 0.3) is 5.91 Å². The Labute approximate surface area is 191 Å². The topological polar surface area (TPSA) is 81.8 Å². The Hall–Kier alpha value is -1.75. The lowest BCUT2D eigenvalue weighted by Gasteiger charge is -2.31. The van der Waals surface area contributed by atoms with Crippen LogP contribution in [0.25, 0.3) is 0 Å². The highest BCUT2D eigenvalue weighted by Crippen LogP contribution is 2.21. The van der Waals surface area contributed by atoms with Gasteiger partial charge in [0, 0.05) is 47.5 Å². The molecule has 0 aliphatic carbocycles. The van der Waals surface area contributed by atoms with Crippen molar-refractivity contribution in [2.45, 2.75) is 4.90 Å². The number of halogens is 2. The van der Waals surface area contributed by atoms with Crippen molar-refractivity contribution in [3.05, 3.63) is 58.1 Å². The number of anilines is 1. The highest BCUT2D eigenvalue weighted by atomic mass is 35.5. The van der Waals surface area contributed by atoms with Gasteiger partial charge < -0.3 is 10.2 Å². The molecule has 1 aliphatic heterocycles. The van der Waals surface area contributed by atoms with Crippen molar-refractivity contribution in [2.24, 2.45) is 0 Å². The summed E-state index contributed by atoms with van der Waals surface area (Å²) in [7, 11) is -1.58. The monoisotopic (exact) mass is 486 g/mol. The molecule has 2 aromatic rings. The lowest BCUT2D eigenvalue weighted by molar-refractivity contribution is 0.0977. The summed E-state index contributed by atoms with van der Waals surface area (Å²) in [6.45, 7) is 2.32. The van der Waals surface area contributed by atoms with Crippen LogP contribution in [0, 0.1) is 0 Å². The van der Waals surface area contributed by atoms with Crippen molar-refractivity contribution in [1.82, 2.24) is 14.5 Å². The van der Waals surface area contributed by atoms with Gasteiger partial charge in [0.2, 0.25) is 10.0 Å². The van der Waals surface area contributed by atoms with Crippen LogP contribution in [-0.4, -0.2) is 61.9 Å². The molecule has 160 valence electrons. The van der Waals surface area contributed by atoms with Crippen molar-refractivity contribution in [1.29, 1.82) is 0 Å². The van der Waals surface area contributed by atoms with Gasteiger partial charge >= 0.3 is 0 Å². The molecule has 2 N–H and O–H groups in total. The fourth-order valence-electron chi connectivity index (χ4n) is 2.91. The first-order valence-corrected chi connectivity index (χ1v) is 11.6. The van der Waals surface area contributed by atoms with Crippen LogP contribution in [-0.2, 0) is 10.0 Å². The molecule has 0 bridgehead atoms. The average Bonchev–Trinajstić information content (AvgIpc) is 2.68. The molecule has 11 heteroatoms. The molecule has 0 unspecified atom stereocenters. The van der Waals surface area contributed by atoms with Crippen LogP contribution in [0.2, 0.25) is 10.0 Å². The summed E-state index contributed by atoms with van der Waals surface area (Å²) in [5.41, 5.74) is 0.812. The number of thiocarbonyl (C=S) groups is 1. The number of nitrogens with one attached hydrogen (secondary N) is 2. The molecule has 1 saturated heterocycles. The van der Waals surface area contributed by atoms with Crippen molar-refractivity contribution in [3.63, 3.8) is 0 Å². The van der Waals surface area contributed by atoms with E-state index in [0.717, 1.165) is 0 Å². The van der Waals surface area contributed by atoms with Gasteiger partial charge in [0.15, 0.2) is 5.11 Å². The summed E-state index contributed by atoms with van der Waals surface area (Å²) >= 11 is 17.0. The number of likely N-dealkylation sites (N-methyl/N-ethyl adjacent to an activating group) is 1. The largest absolute Gasteiger partial charge is 0.332 e. The van der Waals surface area contributed by atoms with Crippen LogP contribution < -0.4 is 10.6 Å². The summed E-state index contributed by atoms with van der Waals surface area (Å²) < 4.78 is 27.0. The van der Waals surface area contributed by atoms with Gasteiger partial charge in [-0.15, -0.1) is 0 Å². The minimum Gasteiger partial charge on any atom is -0.332 e. The minimum atomic E-state index is -3.54. The number of nitrogens with zero attached hydrogens (tertiary/aromatic N) is 2. The molecule has 0 spiro atoms. The number of benzene rings is 2. The number of sulfonamides is 1. The third-order valence-electron chi connectivity index (χ3n) is 4.56. The molecule has 2 aromatic carbocycles. The zero-order chi connectivity index (χ0) is 21.9. The van der Waals surface area contributed by atoms with E-state index in [2.05, 4.69) is 15.5 Å². The predicted octanol–water partition coefficient (Wildman–Crippen LogP) is 3.06. The van der Waals surface area contributed by atoms with Crippen LogP contribution in [0.15, 0.2) is 47.4 Å². The smallest absolute Gasteiger partial charge is 0.257 e. The quantitative estimate of drug-likeness (QED) is 0.646. The molecule has 0 saturated carbocycles. The van der Waals surface area contributed by atoms with Gasteiger partial charge in [-0.25, -0.2) is 8.42 Å². The van der Waals surface area contributed by atoms with Crippen molar-refractivity contribution in [3.8, 4) is 0 Å². The highest BCUT2D eigenvalue weighted by Gasteiger charge is 2.27. The number of hydrogen-bond acceptors (Lipinski definition) is 5. The summed E-state index contributed by atoms with van der Waals surface area (Å²) in [5.74, 6) is -0.467. The third-order valence-corrected chi connectivity index (χ3v) is 7.12. The molecule has 0 radical (unpaired) electrons. The van der Waals surface area contributed by atoms with E-state index in [1.165, 1.54) is 34.6 Å². The number of carbonyl (C=O) groups excluding carboxylic acids is 1. The summed E-state index contributed by atoms with van der Waals surface area (Å²) in [4.78, 5) is 14.6. The molecule has 1 heterocycles. The standard InChI is InChI=1S/C19H20Cl2N4O3S2/c1-24-6-8-25(9-7-24)30(27,28)17-4-2-16(3-5-17)22-19(29)23-18(26)13-10-14(20)12-15(21)11-13/h2-5,10-12H,6-9H2,1H3,(H2,22,23,26,29). The number of hydrogen-bond donors (Lipinski definition) is 2. The summed E-state index contributed by atoms with van der Waals surface area (Å²) in [6, 6.07) is 10.7. The average molecular weight is 487 g/mol. The second-order valence-corrected chi connectivity index (χ2v) is 10.0. The van der Waals surface area contributed by atoms with Crippen LogP contribution >= 0.6 is 35.4 Å². The molecule has 1 amide bonds. The first-order chi connectivity index (χ1) is 14.1. The zero-order valence-corrected chi connectivity index (χ0v) is 19.2. The van der Waals surface area contributed by atoms with E-state index < -0.39 is 15.9 Å². The highest BCUT2D eigenvalue weighted by molar-refractivity contribution is 7.89. The SMILES string of the molecule is CN1CCN(S(=O)(=O)c2ccc(NC(=S)NC(=O)c3cc(Cl)cc(Cl)c3)cc2)CC1. The van der Waals surface area contributed by atoms with E-state index >= 15 is 0 Å². The molecular formula is C19H20Cl2N4O3S2. The van der Waals surface area contributed by atoms with E-state index in [-0.39, 0.29) is 15.6 Å². The summed E-state index contributed by atoms with van der Waals surface area (Å²) in [6.07, 6.45) is 0. The van der Waals surface area contributed by atoms with Gasteiger partial charge in [-0.3, -0.25) is 10.1 Å². The van der Waals surface area contributed by atoms with Crippen molar-refractivity contribution >= 4 is 62.2 Å². The molecule has 0 atom stereocenters. The van der Waals surface area contributed by atoms with E-state index in [1.807, 2.05) is 7.05 Å². The van der Waals surface area contributed by atoms with Gasteiger partial charge in [0.1, 0.15) is 0 Å². The van der Waals surface area contributed by atoms with E-state index in [0.29, 0.717) is 41.9 Å². The Morgan fingerprint density at radius 3 is 2.13 bits per heavy atom.